The summed E-state index contributed by atoms with van der Waals surface area (Å²) in [5.74, 6) is -2.80. The van der Waals surface area contributed by atoms with Crippen LogP contribution >= 0.6 is 23.4 Å². The van der Waals surface area contributed by atoms with Crippen LogP contribution in [0.1, 0.15) is 0 Å². The van der Waals surface area contributed by atoms with E-state index in [2.05, 4.69) is 10.3 Å². The van der Waals surface area contributed by atoms with Crippen molar-refractivity contribution in [2.24, 2.45) is 4.99 Å². The molecule has 134 valence electrons. The maximum atomic E-state index is 13.2. The zero-order valence-corrected chi connectivity index (χ0v) is 14.8. The van der Waals surface area contributed by atoms with Gasteiger partial charge in [-0.05, 0) is 24.3 Å². The van der Waals surface area contributed by atoms with Crippen molar-refractivity contribution in [1.82, 2.24) is 0 Å². The molecule has 0 saturated carbocycles. The number of benzene rings is 2. The lowest BCUT2D eigenvalue weighted by atomic mass is 10.3. The van der Waals surface area contributed by atoms with Crippen LogP contribution in [0, 0.1) is 11.6 Å². The summed E-state index contributed by atoms with van der Waals surface area (Å²) in [4.78, 5) is 29.6. The first-order chi connectivity index (χ1) is 12.5. The van der Waals surface area contributed by atoms with Crippen molar-refractivity contribution in [3.05, 3.63) is 59.1 Å². The summed E-state index contributed by atoms with van der Waals surface area (Å²) >= 11 is 7.18. The maximum absolute atomic E-state index is 13.2. The Morgan fingerprint density at radius 3 is 2.73 bits per heavy atom. The van der Waals surface area contributed by atoms with E-state index in [9.17, 15) is 18.4 Å². The highest BCUT2D eigenvalue weighted by molar-refractivity contribution is 8.14. The molecular weight excluding hydrogens is 384 g/mol. The SMILES string of the molecule is O=C(CSC1=NCC(=O)N1c1ccccc1Cl)Nc1ccc(F)c(F)c1. The molecule has 0 unspecified atom stereocenters. The van der Waals surface area contributed by atoms with Gasteiger partial charge in [-0.15, -0.1) is 0 Å². The Bertz CT molecular complexity index is 907. The topological polar surface area (TPSA) is 61.8 Å². The van der Waals surface area contributed by atoms with Gasteiger partial charge in [-0.3, -0.25) is 19.5 Å². The maximum Gasteiger partial charge on any atom is 0.254 e. The number of amides is 2. The van der Waals surface area contributed by atoms with Crippen molar-refractivity contribution in [1.29, 1.82) is 0 Å². The average Bonchev–Trinajstić information content (AvgIpc) is 2.97. The van der Waals surface area contributed by atoms with Gasteiger partial charge >= 0.3 is 0 Å². The van der Waals surface area contributed by atoms with E-state index < -0.39 is 17.5 Å². The second-order valence-electron chi connectivity index (χ2n) is 5.25. The lowest BCUT2D eigenvalue weighted by molar-refractivity contribution is -0.116. The van der Waals surface area contributed by atoms with Gasteiger partial charge < -0.3 is 5.32 Å². The quantitative estimate of drug-likeness (QED) is 0.858. The van der Waals surface area contributed by atoms with Crippen LogP contribution in [0.15, 0.2) is 47.5 Å². The van der Waals surface area contributed by atoms with E-state index in [1.165, 1.54) is 11.0 Å². The Hall–Kier alpha value is -2.45. The molecule has 26 heavy (non-hydrogen) atoms. The van der Waals surface area contributed by atoms with E-state index >= 15 is 0 Å². The van der Waals surface area contributed by atoms with Crippen molar-refractivity contribution in [3.8, 4) is 0 Å². The third-order valence-electron chi connectivity index (χ3n) is 3.42. The second kappa shape index (κ2) is 7.84. The zero-order valence-electron chi connectivity index (χ0n) is 13.2. The average molecular weight is 396 g/mol. The van der Waals surface area contributed by atoms with Gasteiger partial charge in [0, 0.05) is 11.8 Å². The molecule has 1 aliphatic rings. The minimum Gasteiger partial charge on any atom is -0.325 e. The van der Waals surface area contributed by atoms with Crippen LogP contribution in [-0.2, 0) is 9.59 Å². The summed E-state index contributed by atoms with van der Waals surface area (Å²) in [5.41, 5.74) is 0.630. The van der Waals surface area contributed by atoms with Gasteiger partial charge in [0.25, 0.3) is 5.91 Å². The number of rotatable bonds is 4. The summed E-state index contributed by atoms with van der Waals surface area (Å²) in [6, 6.07) is 9.90. The Kier molecular flexibility index (Phi) is 5.53. The van der Waals surface area contributed by atoms with E-state index in [0.29, 0.717) is 15.9 Å². The summed E-state index contributed by atoms with van der Waals surface area (Å²) in [6.07, 6.45) is 0. The van der Waals surface area contributed by atoms with Crippen LogP contribution in [0.3, 0.4) is 0 Å². The molecule has 3 rings (SSSR count). The Labute approximate surface area is 157 Å². The number of thioether (sulfide) groups is 1. The van der Waals surface area contributed by atoms with Crippen LogP contribution < -0.4 is 10.2 Å². The highest BCUT2D eigenvalue weighted by Gasteiger charge is 2.29. The summed E-state index contributed by atoms with van der Waals surface area (Å²) in [7, 11) is 0. The van der Waals surface area contributed by atoms with E-state index in [0.717, 1.165) is 23.9 Å². The Morgan fingerprint density at radius 2 is 2.00 bits per heavy atom. The van der Waals surface area contributed by atoms with Crippen molar-refractivity contribution in [2.75, 3.05) is 22.5 Å². The van der Waals surface area contributed by atoms with Crippen LogP contribution in [-0.4, -0.2) is 29.3 Å². The molecule has 2 aromatic rings. The summed E-state index contributed by atoms with van der Waals surface area (Å²) in [6.45, 7) is -0.0294. The van der Waals surface area contributed by atoms with Gasteiger partial charge in [-0.2, -0.15) is 0 Å². The number of anilines is 2. The predicted molar refractivity (Wildman–Crippen MR) is 98.7 cm³/mol. The zero-order chi connectivity index (χ0) is 18.7. The van der Waals surface area contributed by atoms with Crippen molar-refractivity contribution in [2.45, 2.75) is 0 Å². The van der Waals surface area contributed by atoms with E-state index in [1.807, 2.05) is 0 Å². The van der Waals surface area contributed by atoms with Gasteiger partial charge in [0.1, 0.15) is 6.54 Å². The molecule has 2 aromatic carbocycles. The van der Waals surface area contributed by atoms with E-state index in [1.54, 1.807) is 24.3 Å². The first-order valence-corrected chi connectivity index (χ1v) is 8.81. The molecule has 1 heterocycles. The number of para-hydroxylation sites is 1. The number of carbonyl (C=O) groups excluding carboxylic acids is 2. The van der Waals surface area contributed by atoms with E-state index in [-0.39, 0.29) is 23.9 Å². The molecule has 0 fully saturated rings. The van der Waals surface area contributed by atoms with Gasteiger partial charge in [0.2, 0.25) is 5.91 Å². The molecule has 0 aliphatic carbocycles. The number of amidine groups is 1. The smallest absolute Gasteiger partial charge is 0.254 e. The Balaban J connectivity index is 1.64. The van der Waals surface area contributed by atoms with Crippen LogP contribution in [0.5, 0.6) is 0 Å². The highest BCUT2D eigenvalue weighted by atomic mass is 35.5. The molecule has 5 nitrogen and oxygen atoms in total. The van der Waals surface area contributed by atoms with Crippen LogP contribution in [0.2, 0.25) is 5.02 Å². The number of halogens is 3. The molecule has 0 spiro atoms. The first kappa shape index (κ1) is 18.3. The fraction of sp³-hybridized carbons (Fsp3) is 0.118. The molecule has 1 N–H and O–H groups in total. The third-order valence-corrected chi connectivity index (χ3v) is 4.72. The van der Waals surface area contributed by atoms with Crippen molar-refractivity contribution < 1.29 is 18.4 Å². The molecule has 9 heteroatoms. The fourth-order valence-electron chi connectivity index (χ4n) is 2.27. The summed E-state index contributed by atoms with van der Waals surface area (Å²) in [5, 5.41) is 3.20. The van der Waals surface area contributed by atoms with Gasteiger partial charge in [0.15, 0.2) is 16.8 Å². The molecule has 0 radical (unpaired) electrons. The predicted octanol–water partition coefficient (Wildman–Crippen LogP) is 3.69. The highest BCUT2D eigenvalue weighted by Crippen LogP contribution is 2.30. The van der Waals surface area contributed by atoms with Crippen molar-refractivity contribution in [3.63, 3.8) is 0 Å². The van der Waals surface area contributed by atoms with Gasteiger partial charge in [0.05, 0.1) is 16.5 Å². The lowest BCUT2D eigenvalue weighted by Crippen LogP contribution is -2.31. The number of nitrogens with zero attached hydrogens (tertiary/aromatic N) is 2. The minimum absolute atomic E-state index is 0.0294. The molecule has 0 aromatic heterocycles. The van der Waals surface area contributed by atoms with Crippen molar-refractivity contribution >= 4 is 51.7 Å². The molecular formula is C17H12ClF2N3O2S. The van der Waals surface area contributed by atoms with Gasteiger partial charge in [-0.1, -0.05) is 35.5 Å². The third kappa shape index (κ3) is 4.03. The molecule has 1 aliphatic heterocycles. The van der Waals surface area contributed by atoms with Crippen LogP contribution in [0.25, 0.3) is 0 Å². The largest absolute Gasteiger partial charge is 0.325 e. The molecule has 0 bridgehead atoms. The summed E-state index contributed by atoms with van der Waals surface area (Å²) < 4.78 is 26.1. The number of hydrogen-bond acceptors (Lipinski definition) is 4. The Morgan fingerprint density at radius 1 is 1.23 bits per heavy atom. The number of aliphatic imine (C=N–C) groups is 1. The standard InChI is InChI=1S/C17H12ClF2N3O2S/c18-11-3-1-2-4-14(11)23-16(25)8-21-17(23)26-9-15(24)22-10-5-6-12(19)13(20)7-10/h1-7H,8-9H2,(H,22,24). The second-order valence-corrected chi connectivity index (χ2v) is 6.59. The fourth-order valence-corrected chi connectivity index (χ4v) is 3.30. The lowest BCUT2D eigenvalue weighted by Gasteiger charge is -2.19. The number of nitrogens with one attached hydrogen (secondary N) is 1. The van der Waals surface area contributed by atoms with Gasteiger partial charge in [-0.25, -0.2) is 8.78 Å². The van der Waals surface area contributed by atoms with E-state index in [4.69, 9.17) is 11.6 Å². The molecule has 0 saturated heterocycles. The minimum atomic E-state index is -1.05. The normalized spacial score (nSPS) is 13.7. The first-order valence-electron chi connectivity index (χ1n) is 7.45. The van der Waals surface area contributed by atoms with Crippen LogP contribution in [0.4, 0.5) is 20.2 Å². The monoisotopic (exact) mass is 395 g/mol. The molecule has 2 amide bonds. The molecule has 0 atom stereocenters. The number of hydrogen-bond donors (Lipinski definition) is 1. The number of carbonyl (C=O) groups is 2.